The number of hydrogen-bond donors (Lipinski definition) is 1. The van der Waals surface area contributed by atoms with E-state index >= 15 is 0 Å². The van der Waals surface area contributed by atoms with Crippen LogP contribution in [0.1, 0.15) is 33.6 Å². The van der Waals surface area contributed by atoms with E-state index in [2.05, 4.69) is 30.7 Å². The van der Waals surface area contributed by atoms with Crippen molar-refractivity contribution < 1.29 is 4.92 Å². The van der Waals surface area contributed by atoms with E-state index < -0.39 is 4.92 Å². The van der Waals surface area contributed by atoms with Crippen molar-refractivity contribution in [3.63, 3.8) is 0 Å². The number of anilines is 2. The number of piperidine rings is 1. The third kappa shape index (κ3) is 2.97. The molecule has 0 unspecified atom stereocenters. The monoisotopic (exact) mass is 279 g/mol. The van der Waals surface area contributed by atoms with E-state index in [1.165, 1.54) is 6.20 Å². The Morgan fingerprint density at radius 2 is 2.00 bits per heavy atom. The van der Waals surface area contributed by atoms with Crippen LogP contribution in [0.4, 0.5) is 17.5 Å². The Bertz CT molecular complexity index is 504. The minimum Gasteiger partial charge on any atom is -0.368 e. The van der Waals surface area contributed by atoms with Gasteiger partial charge in [-0.15, -0.1) is 0 Å². The average molecular weight is 279 g/mol. The Balaban J connectivity index is 2.18. The van der Waals surface area contributed by atoms with E-state index in [-0.39, 0.29) is 17.1 Å². The van der Waals surface area contributed by atoms with Crippen molar-refractivity contribution in [2.75, 3.05) is 23.7 Å². The normalized spacial score (nSPS) is 17.2. The molecule has 0 spiro atoms. The van der Waals surface area contributed by atoms with Crippen molar-refractivity contribution in [1.82, 2.24) is 9.97 Å². The number of nitrogen functional groups attached to an aromatic ring is 1. The predicted octanol–water partition coefficient (Wildman–Crippen LogP) is 2.23. The second kappa shape index (κ2) is 5.22. The molecule has 110 valence electrons. The Kier molecular flexibility index (Phi) is 3.78. The molecule has 1 aromatic heterocycles. The minimum atomic E-state index is -0.454. The van der Waals surface area contributed by atoms with Crippen LogP contribution in [0.2, 0.25) is 0 Å². The molecule has 1 aliphatic heterocycles. The smallest absolute Gasteiger partial charge is 0.329 e. The van der Waals surface area contributed by atoms with Crippen LogP contribution in [0.5, 0.6) is 0 Å². The Morgan fingerprint density at radius 3 is 2.50 bits per heavy atom. The minimum absolute atomic E-state index is 0.0727. The fourth-order valence-electron chi connectivity index (χ4n) is 2.70. The van der Waals surface area contributed by atoms with Crippen LogP contribution in [0.3, 0.4) is 0 Å². The largest absolute Gasteiger partial charge is 0.368 e. The van der Waals surface area contributed by atoms with Gasteiger partial charge in [0.05, 0.1) is 4.92 Å². The van der Waals surface area contributed by atoms with E-state index in [1.54, 1.807) is 0 Å². The number of rotatable bonds is 2. The maximum Gasteiger partial charge on any atom is 0.329 e. The molecule has 0 saturated carbocycles. The quantitative estimate of drug-likeness (QED) is 0.658. The predicted molar refractivity (Wildman–Crippen MR) is 77.5 cm³/mol. The highest BCUT2D eigenvalue weighted by Gasteiger charge is 2.31. The molecule has 2 rings (SSSR count). The number of hydrogen-bond acceptors (Lipinski definition) is 6. The first-order valence-corrected chi connectivity index (χ1v) is 6.81. The fraction of sp³-hybridized carbons (Fsp3) is 0.692. The summed E-state index contributed by atoms with van der Waals surface area (Å²) in [5.41, 5.74) is 5.75. The highest BCUT2D eigenvalue weighted by molar-refractivity contribution is 5.58. The summed E-state index contributed by atoms with van der Waals surface area (Å²) < 4.78 is 0. The molecule has 0 aliphatic carbocycles. The van der Waals surface area contributed by atoms with Crippen LogP contribution < -0.4 is 10.6 Å². The van der Waals surface area contributed by atoms with Crippen LogP contribution in [0, 0.1) is 21.4 Å². The van der Waals surface area contributed by atoms with Crippen molar-refractivity contribution in [2.24, 2.45) is 11.3 Å². The lowest BCUT2D eigenvalue weighted by Gasteiger charge is -2.38. The maximum absolute atomic E-state index is 11.1. The zero-order valence-corrected chi connectivity index (χ0v) is 12.2. The van der Waals surface area contributed by atoms with E-state index in [1.807, 2.05) is 4.90 Å². The highest BCUT2D eigenvalue weighted by atomic mass is 16.6. The first-order valence-electron chi connectivity index (χ1n) is 6.81. The summed E-state index contributed by atoms with van der Waals surface area (Å²) in [5, 5.41) is 11.1. The summed E-state index contributed by atoms with van der Waals surface area (Å²) in [6, 6.07) is 0. The fourth-order valence-corrected chi connectivity index (χ4v) is 2.70. The van der Waals surface area contributed by atoms with Gasteiger partial charge in [0.15, 0.2) is 0 Å². The van der Waals surface area contributed by atoms with Crippen LogP contribution in [-0.2, 0) is 0 Å². The lowest BCUT2D eigenvalue weighted by molar-refractivity contribution is -0.384. The summed E-state index contributed by atoms with van der Waals surface area (Å²) in [7, 11) is 0. The summed E-state index contributed by atoms with van der Waals surface area (Å²) in [6.07, 6.45) is 3.20. The number of aromatic nitrogens is 2. The SMILES string of the molecule is CC(C)(C)C1CCN(c2nc(N)ncc2[N+](=O)[O-])CC1. The zero-order valence-electron chi connectivity index (χ0n) is 12.2. The Labute approximate surface area is 118 Å². The van der Waals surface area contributed by atoms with Gasteiger partial charge < -0.3 is 10.6 Å². The lowest BCUT2D eigenvalue weighted by atomic mass is 9.75. The average Bonchev–Trinajstić information content (AvgIpc) is 2.37. The maximum atomic E-state index is 11.1. The topological polar surface area (TPSA) is 98.2 Å². The molecular weight excluding hydrogens is 258 g/mol. The first-order chi connectivity index (χ1) is 9.29. The van der Waals surface area contributed by atoms with Crippen LogP contribution in [0.15, 0.2) is 6.20 Å². The van der Waals surface area contributed by atoms with Gasteiger partial charge in [-0.2, -0.15) is 4.98 Å². The van der Waals surface area contributed by atoms with E-state index in [0.29, 0.717) is 11.7 Å². The molecule has 1 aliphatic rings. The molecule has 7 nitrogen and oxygen atoms in total. The Hall–Kier alpha value is -1.92. The zero-order chi connectivity index (χ0) is 14.9. The van der Waals surface area contributed by atoms with E-state index in [9.17, 15) is 10.1 Å². The van der Waals surface area contributed by atoms with Crippen molar-refractivity contribution in [1.29, 1.82) is 0 Å². The van der Waals surface area contributed by atoms with Gasteiger partial charge in [0.2, 0.25) is 11.8 Å². The highest BCUT2D eigenvalue weighted by Crippen LogP contribution is 2.36. The molecule has 0 aromatic carbocycles. The van der Waals surface area contributed by atoms with Gasteiger partial charge in [-0.3, -0.25) is 10.1 Å². The third-order valence-corrected chi connectivity index (χ3v) is 3.98. The number of nitro groups is 1. The van der Waals surface area contributed by atoms with Crippen LogP contribution in [-0.4, -0.2) is 28.0 Å². The number of nitrogens with zero attached hydrogens (tertiary/aromatic N) is 4. The molecule has 7 heteroatoms. The molecule has 20 heavy (non-hydrogen) atoms. The van der Waals surface area contributed by atoms with E-state index in [4.69, 9.17) is 5.73 Å². The second-order valence-electron chi connectivity index (χ2n) is 6.32. The molecule has 1 saturated heterocycles. The van der Waals surface area contributed by atoms with Gasteiger partial charge >= 0.3 is 5.69 Å². The van der Waals surface area contributed by atoms with Gasteiger partial charge in [-0.25, -0.2) is 4.98 Å². The molecular formula is C13H21N5O2. The standard InChI is InChI=1S/C13H21N5O2/c1-13(2,3)9-4-6-17(7-5-9)11-10(18(19)20)8-15-12(14)16-11/h8-9H,4-7H2,1-3H3,(H2,14,15,16). The molecule has 0 atom stereocenters. The van der Waals surface area contributed by atoms with Gasteiger partial charge in [0.25, 0.3) is 0 Å². The summed E-state index contributed by atoms with van der Waals surface area (Å²) in [5.74, 6) is 1.04. The third-order valence-electron chi connectivity index (χ3n) is 3.98. The molecule has 2 N–H and O–H groups in total. The lowest BCUT2D eigenvalue weighted by Crippen LogP contribution is -2.38. The first kappa shape index (κ1) is 14.5. The van der Waals surface area contributed by atoms with Crippen molar-refractivity contribution in [3.05, 3.63) is 16.3 Å². The second-order valence-corrected chi connectivity index (χ2v) is 6.32. The van der Waals surface area contributed by atoms with Gasteiger partial charge in [-0.05, 0) is 24.2 Å². The van der Waals surface area contributed by atoms with Crippen LogP contribution in [0.25, 0.3) is 0 Å². The molecule has 0 amide bonds. The molecule has 0 bridgehead atoms. The summed E-state index contributed by atoms with van der Waals surface area (Å²) >= 11 is 0. The summed E-state index contributed by atoms with van der Waals surface area (Å²) in [6.45, 7) is 8.23. The van der Waals surface area contributed by atoms with Crippen molar-refractivity contribution in [3.8, 4) is 0 Å². The van der Waals surface area contributed by atoms with Crippen molar-refractivity contribution >= 4 is 17.5 Å². The van der Waals surface area contributed by atoms with Gasteiger partial charge in [-0.1, -0.05) is 20.8 Å². The molecule has 1 aromatic rings. The Morgan fingerprint density at radius 1 is 1.40 bits per heavy atom. The number of nitrogens with two attached hydrogens (primary N) is 1. The van der Waals surface area contributed by atoms with Crippen molar-refractivity contribution in [2.45, 2.75) is 33.6 Å². The molecule has 0 radical (unpaired) electrons. The van der Waals surface area contributed by atoms with Crippen LogP contribution >= 0.6 is 0 Å². The summed E-state index contributed by atoms with van der Waals surface area (Å²) in [4.78, 5) is 20.3. The molecule has 1 fully saturated rings. The molecule has 2 heterocycles. The van der Waals surface area contributed by atoms with Gasteiger partial charge in [0, 0.05) is 13.1 Å². The van der Waals surface area contributed by atoms with E-state index in [0.717, 1.165) is 25.9 Å². The van der Waals surface area contributed by atoms with Gasteiger partial charge in [0.1, 0.15) is 6.20 Å².